The Morgan fingerprint density at radius 1 is 0.305 bits per heavy atom. The van der Waals surface area contributed by atoms with E-state index in [0.717, 1.165) is 88.4 Å². The first kappa shape index (κ1) is 33.3. The van der Waals surface area contributed by atoms with Crippen molar-refractivity contribution < 1.29 is 8.83 Å². The number of hydrogen-bond acceptors (Lipinski definition) is 3. The highest BCUT2D eigenvalue weighted by atomic mass is 16.3. The molecule has 59 heavy (non-hydrogen) atoms. The molecule has 0 spiro atoms. The van der Waals surface area contributed by atoms with Crippen LogP contribution < -0.4 is 4.90 Å². The Morgan fingerprint density at radius 3 is 1.66 bits per heavy atom. The minimum atomic E-state index is 0.858. The largest absolute Gasteiger partial charge is 0.456 e. The van der Waals surface area contributed by atoms with Crippen molar-refractivity contribution in [1.29, 1.82) is 0 Å². The molecule has 10 aromatic carbocycles. The molecule has 0 radical (unpaired) electrons. The molecule has 0 atom stereocenters. The third-order valence-corrected chi connectivity index (χ3v) is 11.9. The Bertz CT molecular complexity index is 3550. The first-order valence-corrected chi connectivity index (χ1v) is 20.1. The van der Waals surface area contributed by atoms with Crippen molar-refractivity contribution in [3.05, 3.63) is 212 Å². The van der Waals surface area contributed by atoms with Crippen molar-refractivity contribution >= 4 is 82.5 Å². The van der Waals surface area contributed by atoms with Gasteiger partial charge in [-0.05, 0) is 116 Å². The molecule has 276 valence electrons. The van der Waals surface area contributed by atoms with Gasteiger partial charge in [0.05, 0.1) is 11.1 Å². The SMILES string of the molecule is c1cc(-c2ccc(N(c3ccc(-c4ccc5c(c4)oc4ccccc45)cc3)c3cccc4oc5c6ccccc6ccc5c34)cc2)cc(-c2cccc3ccccc23)c1. The summed E-state index contributed by atoms with van der Waals surface area (Å²) >= 11 is 0. The Balaban J connectivity index is 0.978. The second-order valence-corrected chi connectivity index (χ2v) is 15.3. The average Bonchev–Trinajstić information content (AvgIpc) is 3.88. The van der Waals surface area contributed by atoms with Gasteiger partial charge in [-0.25, -0.2) is 0 Å². The van der Waals surface area contributed by atoms with E-state index in [1.807, 2.05) is 12.1 Å². The molecule has 0 amide bonds. The van der Waals surface area contributed by atoms with E-state index in [1.54, 1.807) is 0 Å². The van der Waals surface area contributed by atoms with E-state index >= 15 is 0 Å². The maximum Gasteiger partial charge on any atom is 0.143 e. The van der Waals surface area contributed by atoms with Gasteiger partial charge < -0.3 is 13.7 Å². The molecule has 3 nitrogen and oxygen atoms in total. The number of rotatable bonds is 6. The fourth-order valence-corrected chi connectivity index (χ4v) is 9.00. The van der Waals surface area contributed by atoms with Gasteiger partial charge in [-0.15, -0.1) is 0 Å². The summed E-state index contributed by atoms with van der Waals surface area (Å²) in [4.78, 5) is 2.36. The zero-order chi connectivity index (χ0) is 38.9. The molecule has 12 rings (SSSR count). The summed E-state index contributed by atoms with van der Waals surface area (Å²) in [7, 11) is 0. The lowest BCUT2D eigenvalue weighted by atomic mass is 9.95. The Kier molecular flexibility index (Phi) is 7.54. The third-order valence-electron chi connectivity index (χ3n) is 11.9. The van der Waals surface area contributed by atoms with Gasteiger partial charge in [0.15, 0.2) is 0 Å². The van der Waals surface area contributed by atoms with Gasteiger partial charge in [0.25, 0.3) is 0 Å². The Hall–Kier alpha value is -7.88. The molecule has 0 saturated heterocycles. The molecule has 0 aliphatic heterocycles. The second kappa shape index (κ2) is 13.4. The predicted molar refractivity (Wildman–Crippen MR) is 247 cm³/mol. The lowest BCUT2D eigenvalue weighted by Crippen LogP contribution is -2.10. The number of fused-ring (bicyclic) bond motifs is 9. The summed E-state index contributed by atoms with van der Waals surface area (Å²) in [6.45, 7) is 0. The van der Waals surface area contributed by atoms with Crippen molar-refractivity contribution in [3.8, 4) is 33.4 Å². The second-order valence-electron chi connectivity index (χ2n) is 15.3. The van der Waals surface area contributed by atoms with E-state index < -0.39 is 0 Å². The first-order valence-electron chi connectivity index (χ1n) is 20.1. The maximum absolute atomic E-state index is 6.68. The minimum absolute atomic E-state index is 0.858. The molecule has 2 heterocycles. The molecule has 12 aromatic rings. The molecule has 2 aromatic heterocycles. The third kappa shape index (κ3) is 5.51. The van der Waals surface area contributed by atoms with Gasteiger partial charge in [0.1, 0.15) is 22.3 Å². The van der Waals surface area contributed by atoms with Crippen LogP contribution in [-0.2, 0) is 0 Å². The molecular formula is C56H35NO2. The van der Waals surface area contributed by atoms with Gasteiger partial charge in [0.2, 0.25) is 0 Å². The van der Waals surface area contributed by atoms with Crippen molar-refractivity contribution in [2.24, 2.45) is 0 Å². The first-order chi connectivity index (χ1) is 29.2. The minimum Gasteiger partial charge on any atom is -0.456 e. The normalized spacial score (nSPS) is 11.7. The van der Waals surface area contributed by atoms with Crippen molar-refractivity contribution in [2.45, 2.75) is 0 Å². The van der Waals surface area contributed by atoms with Crippen LogP contribution in [0.3, 0.4) is 0 Å². The smallest absolute Gasteiger partial charge is 0.143 e. The van der Waals surface area contributed by atoms with Crippen LogP contribution in [0.5, 0.6) is 0 Å². The van der Waals surface area contributed by atoms with Crippen molar-refractivity contribution in [2.75, 3.05) is 4.90 Å². The summed E-state index contributed by atoms with van der Waals surface area (Å²) in [5, 5.41) is 9.22. The van der Waals surface area contributed by atoms with Crippen LogP contribution in [0.4, 0.5) is 17.1 Å². The fourth-order valence-electron chi connectivity index (χ4n) is 9.00. The quantitative estimate of drug-likeness (QED) is 0.169. The molecule has 0 aliphatic rings. The van der Waals surface area contributed by atoms with Gasteiger partial charge in [-0.1, -0.05) is 146 Å². The predicted octanol–water partition coefficient (Wildman–Crippen LogP) is 16.3. The van der Waals surface area contributed by atoms with Gasteiger partial charge in [0, 0.05) is 32.9 Å². The number of anilines is 3. The number of para-hydroxylation sites is 1. The van der Waals surface area contributed by atoms with Crippen LogP contribution in [0.25, 0.3) is 98.8 Å². The van der Waals surface area contributed by atoms with Crippen LogP contribution in [0.15, 0.2) is 221 Å². The molecule has 0 N–H and O–H groups in total. The topological polar surface area (TPSA) is 29.5 Å². The van der Waals surface area contributed by atoms with Gasteiger partial charge in [-0.3, -0.25) is 0 Å². The zero-order valence-electron chi connectivity index (χ0n) is 32.0. The highest BCUT2D eigenvalue weighted by molar-refractivity contribution is 6.19. The van der Waals surface area contributed by atoms with E-state index in [1.165, 1.54) is 27.5 Å². The van der Waals surface area contributed by atoms with Gasteiger partial charge >= 0.3 is 0 Å². The molecule has 0 bridgehead atoms. The standard InChI is InChI=1S/C56H35NO2/c1-3-15-45-38(10-1)12-8-18-46(45)42-14-7-13-40(34-42)36-22-28-43(29-23-36)57(51-19-9-21-53-55(51)50-33-26-39-11-2-4-16-47(39)56(50)59-53)44-30-24-37(25-31-44)41-27-32-49-48-17-5-6-20-52(48)58-54(49)35-41/h1-35H. The summed E-state index contributed by atoms with van der Waals surface area (Å²) in [6.07, 6.45) is 0. The molecule has 0 unspecified atom stereocenters. The highest BCUT2D eigenvalue weighted by Crippen LogP contribution is 2.45. The molecule has 0 aliphatic carbocycles. The number of furan rings is 2. The highest BCUT2D eigenvalue weighted by Gasteiger charge is 2.21. The summed E-state index contributed by atoms with van der Waals surface area (Å²) in [6, 6.07) is 75.8. The molecule has 3 heteroatoms. The van der Waals surface area contributed by atoms with Crippen LogP contribution in [0, 0.1) is 0 Å². The fraction of sp³-hybridized carbons (Fsp3) is 0. The van der Waals surface area contributed by atoms with E-state index in [4.69, 9.17) is 8.83 Å². The number of hydrogen-bond donors (Lipinski definition) is 0. The molecule has 0 fully saturated rings. The average molecular weight is 754 g/mol. The molecular weight excluding hydrogens is 719 g/mol. The van der Waals surface area contributed by atoms with Crippen molar-refractivity contribution in [1.82, 2.24) is 0 Å². The Labute approximate surface area is 340 Å². The summed E-state index contributed by atoms with van der Waals surface area (Å²) in [5.41, 5.74) is 13.7. The van der Waals surface area contributed by atoms with Crippen LogP contribution >= 0.6 is 0 Å². The lowest BCUT2D eigenvalue weighted by molar-refractivity contribution is 0.669. The van der Waals surface area contributed by atoms with Gasteiger partial charge in [-0.2, -0.15) is 0 Å². The number of nitrogens with zero attached hydrogens (tertiary/aromatic N) is 1. The van der Waals surface area contributed by atoms with E-state index in [2.05, 4.69) is 205 Å². The Morgan fingerprint density at radius 2 is 0.864 bits per heavy atom. The summed E-state index contributed by atoms with van der Waals surface area (Å²) < 4.78 is 12.9. The monoisotopic (exact) mass is 753 g/mol. The van der Waals surface area contributed by atoms with E-state index in [-0.39, 0.29) is 0 Å². The van der Waals surface area contributed by atoms with Crippen LogP contribution in [0.2, 0.25) is 0 Å². The van der Waals surface area contributed by atoms with Crippen LogP contribution in [-0.4, -0.2) is 0 Å². The lowest BCUT2D eigenvalue weighted by Gasteiger charge is -2.26. The van der Waals surface area contributed by atoms with E-state index in [0.29, 0.717) is 0 Å². The van der Waals surface area contributed by atoms with E-state index in [9.17, 15) is 0 Å². The van der Waals surface area contributed by atoms with Crippen molar-refractivity contribution in [3.63, 3.8) is 0 Å². The summed E-state index contributed by atoms with van der Waals surface area (Å²) in [5.74, 6) is 0. The number of benzene rings is 10. The maximum atomic E-state index is 6.68. The zero-order valence-corrected chi connectivity index (χ0v) is 32.0. The van der Waals surface area contributed by atoms with Crippen LogP contribution in [0.1, 0.15) is 0 Å². The molecule has 0 saturated carbocycles.